The molecule has 1 aromatic rings. The molecule has 3 aliphatic heterocycles. The Bertz CT molecular complexity index is 503. The van der Waals surface area contributed by atoms with E-state index in [0.717, 1.165) is 32.3 Å². The number of aromatic hydroxyl groups is 1. The smallest absolute Gasteiger partial charge is 0.289 e. The third kappa shape index (κ3) is 2.86. The predicted molar refractivity (Wildman–Crippen MR) is 73.7 cm³/mol. The molecule has 3 aliphatic rings. The number of aromatic nitrogens is 2. The molecular formula is C13H17ClN4O2. The summed E-state index contributed by atoms with van der Waals surface area (Å²) < 4.78 is 0. The van der Waals surface area contributed by atoms with Gasteiger partial charge >= 0.3 is 0 Å². The van der Waals surface area contributed by atoms with Crippen molar-refractivity contribution in [1.29, 1.82) is 0 Å². The third-order valence-electron chi connectivity index (χ3n) is 4.07. The van der Waals surface area contributed by atoms with Crippen molar-refractivity contribution in [3.63, 3.8) is 0 Å². The van der Waals surface area contributed by atoms with E-state index in [4.69, 9.17) is 11.6 Å². The molecule has 1 aromatic heterocycles. The van der Waals surface area contributed by atoms with Gasteiger partial charge in [0.25, 0.3) is 5.91 Å². The molecule has 0 aromatic carbocycles. The van der Waals surface area contributed by atoms with Crippen molar-refractivity contribution in [2.24, 2.45) is 5.92 Å². The van der Waals surface area contributed by atoms with E-state index in [1.54, 1.807) is 0 Å². The normalized spacial score (nSPS) is 28.9. The highest BCUT2D eigenvalue weighted by atomic mass is 35.5. The van der Waals surface area contributed by atoms with Crippen molar-refractivity contribution in [3.8, 4) is 5.75 Å². The topological polar surface area (TPSA) is 78.4 Å². The Morgan fingerprint density at radius 3 is 2.90 bits per heavy atom. The van der Waals surface area contributed by atoms with Crippen molar-refractivity contribution < 1.29 is 9.90 Å². The third-order valence-corrected chi connectivity index (χ3v) is 4.34. The molecule has 2 bridgehead atoms. The molecule has 0 aliphatic carbocycles. The highest BCUT2D eigenvalue weighted by Gasteiger charge is 2.30. The Balaban J connectivity index is 1.67. The number of fused-ring (bicyclic) bond motifs is 4. The molecule has 3 saturated heterocycles. The van der Waals surface area contributed by atoms with Crippen LogP contribution in [0.4, 0.5) is 0 Å². The maximum atomic E-state index is 12.1. The Hall–Kier alpha value is -1.40. The Kier molecular flexibility index (Phi) is 3.76. The van der Waals surface area contributed by atoms with E-state index in [1.165, 1.54) is 12.8 Å². The van der Waals surface area contributed by atoms with Crippen molar-refractivity contribution in [2.45, 2.75) is 25.3 Å². The molecule has 1 atom stereocenters. The van der Waals surface area contributed by atoms with Gasteiger partial charge in [0.1, 0.15) is 0 Å². The molecule has 0 spiro atoms. The number of rotatable bonds is 2. The SMILES string of the molecule is O=C(NC1CC2CCN(CC2)C1)c1ncc(O)c(Cl)n1. The van der Waals surface area contributed by atoms with Crippen LogP contribution in [0.5, 0.6) is 5.75 Å². The summed E-state index contributed by atoms with van der Waals surface area (Å²) >= 11 is 5.69. The van der Waals surface area contributed by atoms with Gasteiger partial charge in [0.05, 0.1) is 6.20 Å². The molecule has 2 N–H and O–H groups in total. The first-order valence-corrected chi connectivity index (χ1v) is 7.24. The first kappa shape index (κ1) is 13.6. The Labute approximate surface area is 122 Å². The molecule has 7 heteroatoms. The van der Waals surface area contributed by atoms with Gasteiger partial charge in [-0.15, -0.1) is 0 Å². The molecule has 1 amide bonds. The largest absolute Gasteiger partial charge is 0.504 e. The standard InChI is InChI=1S/C13H17ClN4O2/c14-11-10(19)6-15-12(17-11)13(20)16-9-5-8-1-3-18(7-9)4-2-8/h6,8-9,19H,1-5,7H2,(H,16,20). The summed E-state index contributed by atoms with van der Waals surface area (Å²) in [6, 6.07) is 0.133. The summed E-state index contributed by atoms with van der Waals surface area (Å²) in [6.45, 7) is 3.13. The van der Waals surface area contributed by atoms with E-state index in [9.17, 15) is 9.90 Å². The summed E-state index contributed by atoms with van der Waals surface area (Å²) in [4.78, 5) is 22.1. The zero-order valence-electron chi connectivity index (χ0n) is 11.0. The number of carbonyl (C=O) groups is 1. The number of halogens is 1. The van der Waals surface area contributed by atoms with E-state index in [2.05, 4.69) is 20.2 Å². The fraction of sp³-hybridized carbons (Fsp3) is 0.615. The minimum atomic E-state index is -0.334. The number of hydrogen-bond acceptors (Lipinski definition) is 5. The highest BCUT2D eigenvalue weighted by Crippen LogP contribution is 2.26. The van der Waals surface area contributed by atoms with Gasteiger partial charge in [-0.2, -0.15) is 0 Å². The van der Waals surface area contributed by atoms with Gasteiger partial charge in [-0.05, 0) is 38.3 Å². The second-order valence-electron chi connectivity index (χ2n) is 5.52. The monoisotopic (exact) mass is 296 g/mol. The molecule has 4 heterocycles. The minimum absolute atomic E-state index is 0.000561. The first-order chi connectivity index (χ1) is 9.61. The molecular weight excluding hydrogens is 280 g/mol. The van der Waals surface area contributed by atoms with Gasteiger partial charge in [-0.3, -0.25) is 4.79 Å². The summed E-state index contributed by atoms with van der Waals surface area (Å²) in [5.74, 6) is 0.143. The summed E-state index contributed by atoms with van der Waals surface area (Å²) in [7, 11) is 0. The predicted octanol–water partition coefficient (Wildman–Crippen LogP) is 1.05. The lowest BCUT2D eigenvalue weighted by Crippen LogP contribution is -2.42. The summed E-state index contributed by atoms with van der Waals surface area (Å²) in [6.07, 6.45) is 4.58. The maximum Gasteiger partial charge on any atom is 0.289 e. The van der Waals surface area contributed by atoms with Gasteiger partial charge < -0.3 is 15.3 Å². The minimum Gasteiger partial charge on any atom is -0.504 e. The number of carbonyl (C=O) groups excluding carboxylic acids is 1. The lowest BCUT2D eigenvalue weighted by atomic mass is 9.94. The molecule has 0 radical (unpaired) electrons. The van der Waals surface area contributed by atoms with Crippen LogP contribution in [0.3, 0.4) is 0 Å². The zero-order chi connectivity index (χ0) is 14.1. The first-order valence-electron chi connectivity index (χ1n) is 6.86. The highest BCUT2D eigenvalue weighted by molar-refractivity contribution is 6.30. The molecule has 1 unspecified atom stereocenters. The summed E-state index contributed by atoms with van der Waals surface area (Å²) in [5, 5.41) is 12.1. The number of amides is 1. The van der Waals surface area contributed by atoms with Crippen molar-refractivity contribution >= 4 is 17.5 Å². The molecule has 6 nitrogen and oxygen atoms in total. The van der Waals surface area contributed by atoms with Gasteiger partial charge in [0, 0.05) is 12.6 Å². The second-order valence-corrected chi connectivity index (χ2v) is 5.88. The number of nitrogens with one attached hydrogen (secondary N) is 1. The number of piperidine rings is 1. The van der Waals surface area contributed by atoms with Crippen LogP contribution >= 0.6 is 11.6 Å². The quantitative estimate of drug-likeness (QED) is 0.798. The van der Waals surface area contributed by atoms with E-state index in [1.807, 2.05) is 0 Å². The van der Waals surface area contributed by atoms with Crippen molar-refractivity contribution in [1.82, 2.24) is 20.2 Å². The molecule has 3 fully saturated rings. The number of hydrogen-bond donors (Lipinski definition) is 2. The lowest BCUT2D eigenvalue weighted by molar-refractivity contribution is 0.0918. The van der Waals surface area contributed by atoms with Crippen molar-refractivity contribution in [2.75, 3.05) is 19.6 Å². The summed E-state index contributed by atoms with van der Waals surface area (Å²) in [5.41, 5.74) is 0. The van der Waals surface area contributed by atoms with Crippen LogP contribution in [-0.4, -0.2) is 51.6 Å². The van der Waals surface area contributed by atoms with Crippen LogP contribution in [0.15, 0.2) is 6.20 Å². The van der Waals surface area contributed by atoms with Crippen LogP contribution in [0, 0.1) is 5.92 Å². The van der Waals surface area contributed by atoms with Gasteiger partial charge in [0.15, 0.2) is 10.9 Å². The Morgan fingerprint density at radius 1 is 1.45 bits per heavy atom. The van der Waals surface area contributed by atoms with E-state index in [0.29, 0.717) is 5.92 Å². The molecule has 4 rings (SSSR count). The van der Waals surface area contributed by atoms with E-state index < -0.39 is 0 Å². The van der Waals surface area contributed by atoms with Gasteiger partial charge in [-0.1, -0.05) is 11.6 Å². The van der Waals surface area contributed by atoms with Crippen LogP contribution in [0.1, 0.15) is 29.9 Å². The second kappa shape index (κ2) is 5.54. The van der Waals surface area contributed by atoms with Gasteiger partial charge in [0.2, 0.25) is 5.82 Å². The van der Waals surface area contributed by atoms with E-state index >= 15 is 0 Å². The lowest BCUT2D eigenvalue weighted by Gasteiger charge is -2.26. The fourth-order valence-corrected chi connectivity index (χ4v) is 3.14. The van der Waals surface area contributed by atoms with Gasteiger partial charge in [-0.25, -0.2) is 9.97 Å². The molecule has 20 heavy (non-hydrogen) atoms. The average molecular weight is 297 g/mol. The van der Waals surface area contributed by atoms with Crippen molar-refractivity contribution in [3.05, 3.63) is 17.2 Å². The molecule has 0 saturated carbocycles. The van der Waals surface area contributed by atoms with Crippen LogP contribution in [0.2, 0.25) is 5.15 Å². The Morgan fingerprint density at radius 2 is 2.20 bits per heavy atom. The maximum absolute atomic E-state index is 12.1. The van der Waals surface area contributed by atoms with E-state index in [-0.39, 0.29) is 28.7 Å². The average Bonchev–Trinajstić information content (AvgIpc) is 2.74. The fourth-order valence-electron chi connectivity index (χ4n) is 3.01. The number of nitrogens with zero attached hydrogens (tertiary/aromatic N) is 3. The molecule has 108 valence electrons. The zero-order valence-corrected chi connectivity index (χ0v) is 11.8. The van der Waals surface area contributed by atoms with Crippen LogP contribution in [0.25, 0.3) is 0 Å². The van der Waals surface area contributed by atoms with Crippen LogP contribution in [-0.2, 0) is 0 Å². The van der Waals surface area contributed by atoms with Crippen LogP contribution < -0.4 is 5.32 Å².